The molecule has 28 heavy (non-hydrogen) atoms. The summed E-state index contributed by atoms with van der Waals surface area (Å²) in [6.45, 7) is 8.78. The van der Waals surface area contributed by atoms with Crippen LogP contribution in [0.1, 0.15) is 18.3 Å². The Balaban J connectivity index is 1.70. The van der Waals surface area contributed by atoms with Gasteiger partial charge in [0.25, 0.3) is 5.91 Å². The van der Waals surface area contributed by atoms with E-state index in [0.29, 0.717) is 36.1 Å². The Kier molecular flexibility index (Phi) is 6.11. The number of hydrogen-bond donors (Lipinski definition) is 0. The van der Waals surface area contributed by atoms with Gasteiger partial charge in [-0.05, 0) is 49.2 Å². The molecule has 2 aromatic heterocycles. The molecule has 0 bridgehead atoms. The normalized spacial score (nSPS) is 11.1. The number of likely N-dealkylation sites (N-methyl/N-ethyl adjacent to an activating group) is 1. The lowest BCUT2D eigenvalue weighted by molar-refractivity contribution is -0.127. The van der Waals surface area contributed by atoms with Crippen LogP contribution in [0.2, 0.25) is 5.22 Å². The first kappa shape index (κ1) is 19.6. The number of aromatic nitrogens is 3. The van der Waals surface area contributed by atoms with Crippen molar-refractivity contribution in [3.05, 3.63) is 77.3 Å². The van der Waals surface area contributed by atoms with Crippen molar-refractivity contribution in [3.63, 3.8) is 0 Å². The molecular formula is C21H21ClN4O2. The molecule has 0 N–H and O–H groups in total. The van der Waals surface area contributed by atoms with Gasteiger partial charge in [0.1, 0.15) is 5.82 Å². The topological polar surface area (TPSA) is 64.2 Å². The molecule has 0 radical (unpaired) electrons. The Bertz CT molecular complexity index is 1000. The number of nitrogens with zero attached hydrogens (tertiary/aromatic N) is 4. The first-order valence-corrected chi connectivity index (χ1v) is 9.25. The van der Waals surface area contributed by atoms with E-state index in [1.54, 1.807) is 34.0 Å². The summed E-state index contributed by atoms with van der Waals surface area (Å²) in [5.41, 5.74) is 1.44. The van der Waals surface area contributed by atoms with Crippen LogP contribution in [0.5, 0.6) is 0 Å². The number of hydrogen-bond acceptors (Lipinski definition) is 4. The summed E-state index contributed by atoms with van der Waals surface area (Å²) in [5, 5.41) is 4.63. The molecule has 0 fully saturated rings. The van der Waals surface area contributed by atoms with Gasteiger partial charge >= 0.3 is 0 Å². The van der Waals surface area contributed by atoms with Crippen LogP contribution in [0.4, 0.5) is 0 Å². The highest BCUT2D eigenvalue weighted by Gasteiger charge is 2.15. The summed E-state index contributed by atoms with van der Waals surface area (Å²) in [5.74, 6) is 1.43. The Morgan fingerprint density at radius 1 is 1.29 bits per heavy atom. The molecule has 144 valence electrons. The van der Waals surface area contributed by atoms with E-state index in [4.69, 9.17) is 16.0 Å². The summed E-state index contributed by atoms with van der Waals surface area (Å²) in [4.78, 5) is 18.8. The molecule has 0 spiro atoms. The van der Waals surface area contributed by atoms with Crippen LogP contribution < -0.4 is 0 Å². The van der Waals surface area contributed by atoms with E-state index < -0.39 is 0 Å². The third-order valence-corrected chi connectivity index (χ3v) is 4.38. The van der Waals surface area contributed by atoms with Crippen LogP contribution >= 0.6 is 11.6 Å². The number of aryl methyl sites for hydroxylation is 1. The average molecular weight is 397 g/mol. The SMILES string of the molecule is C=C(/C=C\n1nc(-c2ccc(Cl)o2)nc1C)C(=O)N(CC)Cc1ccccc1. The summed E-state index contributed by atoms with van der Waals surface area (Å²) in [7, 11) is 0. The van der Waals surface area contributed by atoms with Crippen molar-refractivity contribution in [2.45, 2.75) is 20.4 Å². The van der Waals surface area contributed by atoms with Crippen molar-refractivity contribution in [1.82, 2.24) is 19.7 Å². The van der Waals surface area contributed by atoms with Crippen LogP contribution in [0, 0.1) is 6.92 Å². The summed E-state index contributed by atoms with van der Waals surface area (Å²) in [6.07, 6.45) is 3.30. The van der Waals surface area contributed by atoms with Crippen molar-refractivity contribution in [2.24, 2.45) is 0 Å². The molecule has 1 aromatic carbocycles. The predicted molar refractivity (Wildman–Crippen MR) is 109 cm³/mol. The van der Waals surface area contributed by atoms with E-state index in [1.807, 2.05) is 44.2 Å². The molecule has 0 aliphatic rings. The second-order valence-corrected chi connectivity index (χ2v) is 6.55. The summed E-state index contributed by atoms with van der Waals surface area (Å²) >= 11 is 5.80. The van der Waals surface area contributed by atoms with E-state index in [9.17, 15) is 4.79 Å². The van der Waals surface area contributed by atoms with Gasteiger partial charge in [0.05, 0.1) is 0 Å². The molecule has 7 heteroatoms. The lowest BCUT2D eigenvalue weighted by Crippen LogP contribution is -2.30. The molecule has 2 heterocycles. The van der Waals surface area contributed by atoms with Crippen LogP contribution in [0.15, 0.2) is 65.1 Å². The van der Waals surface area contributed by atoms with Crippen molar-refractivity contribution in [2.75, 3.05) is 6.54 Å². The average Bonchev–Trinajstić information content (AvgIpc) is 3.30. The number of furan rings is 1. The third kappa shape index (κ3) is 4.58. The highest BCUT2D eigenvalue weighted by Crippen LogP contribution is 2.22. The Morgan fingerprint density at radius 3 is 2.68 bits per heavy atom. The van der Waals surface area contributed by atoms with Gasteiger partial charge in [0.2, 0.25) is 5.82 Å². The standard InChI is InChI=1S/C21H21ClN4O2/c1-4-25(14-17-8-6-5-7-9-17)21(27)15(2)12-13-26-16(3)23-20(24-26)18-10-11-19(22)28-18/h5-13H,2,4,14H2,1,3H3/b13-12-. The first-order chi connectivity index (χ1) is 13.5. The minimum Gasteiger partial charge on any atom is -0.441 e. The zero-order valence-corrected chi connectivity index (χ0v) is 16.6. The van der Waals surface area contributed by atoms with E-state index in [1.165, 1.54) is 0 Å². The third-order valence-electron chi connectivity index (χ3n) is 4.17. The molecule has 0 aliphatic heterocycles. The van der Waals surface area contributed by atoms with Crippen molar-refractivity contribution >= 4 is 23.7 Å². The Labute approximate surface area is 168 Å². The monoisotopic (exact) mass is 396 g/mol. The predicted octanol–water partition coefficient (Wildman–Crippen LogP) is 4.58. The lowest BCUT2D eigenvalue weighted by Gasteiger charge is -2.21. The molecule has 0 saturated heterocycles. The minimum atomic E-state index is -0.126. The summed E-state index contributed by atoms with van der Waals surface area (Å²) < 4.78 is 6.90. The minimum absolute atomic E-state index is 0.126. The van der Waals surface area contributed by atoms with Gasteiger partial charge in [0, 0.05) is 24.9 Å². The van der Waals surface area contributed by atoms with Gasteiger partial charge in [0.15, 0.2) is 11.0 Å². The van der Waals surface area contributed by atoms with Gasteiger partial charge in [-0.2, -0.15) is 0 Å². The molecule has 0 unspecified atom stereocenters. The number of amides is 1. The largest absolute Gasteiger partial charge is 0.441 e. The van der Waals surface area contributed by atoms with Crippen LogP contribution in [0.3, 0.4) is 0 Å². The van der Waals surface area contributed by atoms with E-state index >= 15 is 0 Å². The molecule has 3 rings (SSSR count). The number of carbonyl (C=O) groups excluding carboxylic acids is 1. The first-order valence-electron chi connectivity index (χ1n) is 8.87. The molecular weight excluding hydrogens is 376 g/mol. The Hall–Kier alpha value is -3.12. The molecule has 0 aliphatic carbocycles. The fourth-order valence-corrected chi connectivity index (χ4v) is 2.79. The van der Waals surface area contributed by atoms with Crippen LogP contribution in [-0.4, -0.2) is 32.1 Å². The molecule has 6 nitrogen and oxygen atoms in total. The van der Waals surface area contributed by atoms with Gasteiger partial charge in [-0.25, -0.2) is 9.67 Å². The Morgan fingerprint density at radius 2 is 2.04 bits per heavy atom. The zero-order chi connectivity index (χ0) is 20.1. The van der Waals surface area contributed by atoms with Crippen molar-refractivity contribution in [1.29, 1.82) is 0 Å². The van der Waals surface area contributed by atoms with Gasteiger partial charge in [-0.15, -0.1) is 5.10 Å². The van der Waals surface area contributed by atoms with Crippen LogP contribution in [-0.2, 0) is 11.3 Å². The molecule has 0 atom stereocenters. The van der Waals surface area contributed by atoms with E-state index in [2.05, 4.69) is 16.7 Å². The number of halogens is 1. The second-order valence-electron chi connectivity index (χ2n) is 6.18. The second kappa shape index (κ2) is 8.71. The fourth-order valence-electron chi connectivity index (χ4n) is 2.65. The number of carbonyl (C=O) groups is 1. The van der Waals surface area contributed by atoms with Crippen LogP contribution in [0.25, 0.3) is 17.8 Å². The highest BCUT2D eigenvalue weighted by atomic mass is 35.5. The fraction of sp³-hybridized carbons (Fsp3) is 0.190. The lowest BCUT2D eigenvalue weighted by atomic mass is 10.2. The van der Waals surface area contributed by atoms with Gasteiger partial charge < -0.3 is 9.32 Å². The maximum absolute atomic E-state index is 12.7. The molecule has 0 saturated carbocycles. The highest BCUT2D eigenvalue weighted by molar-refractivity contribution is 6.28. The van der Waals surface area contributed by atoms with Gasteiger partial charge in [-0.1, -0.05) is 36.9 Å². The molecule has 3 aromatic rings. The van der Waals surface area contributed by atoms with Gasteiger partial charge in [-0.3, -0.25) is 4.79 Å². The maximum Gasteiger partial charge on any atom is 0.253 e. The van der Waals surface area contributed by atoms with E-state index in [-0.39, 0.29) is 11.1 Å². The zero-order valence-electron chi connectivity index (χ0n) is 15.8. The number of rotatable bonds is 7. The maximum atomic E-state index is 12.7. The van der Waals surface area contributed by atoms with Crippen molar-refractivity contribution < 1.29 is 9.21 Å². The molecule has 1 amide bonds. The summed E-state index contributed by atoms with van der Waals surface area (Å²) in [6, 6.07) is 13.2. The quantitative estimate of drug-likeness (QED) is 0.433. The van der Waals surface area contributed by atoms with E-state index in [0.717, 1.165) is 5.56 Å². The number of benzene rings is 1. The van der Waals surface area contributed by atoms with Crippen molar-refractivity contribution in [3.8, 4) is 11.6 Å². The smallest absolute Gasteiger partial charge is 0.253 e.